The first-order valence-corrected chi connectivity index (χ1v) is 8.78. The molecule has 1 amide bonds. The first-order valence-electron chi connectivity index (χ1n) is 8.78. The number of rotatable bonds is 10. The Morgan fingerprint density at radius 2 is 1.63 bits per heavy atom. The molecular formula is C20H27NO6. The highest BCUT2D eigenvalue weighted by Gasteiger charge is 2.35. The van der Waals surface area contributed by atoms with Gasteiger partial charge in [-0.1, -0.05) is 45.0 Å². The molecule has 1 aromatic carbocycles. The molecule has 0 aromatic heterocycles. The average Bonchev–Trinajstić information content (AvgIpc) is 2.57. The van der Waals surface area contributed by atoms with Gasteiger partial charge < -0.3 is 15.1 Å². The maximum absolute atomic E-state index is 13.0. The highest BCUT2D eigenvalue weighted by Crippen LogP contribution is 2.29. The number of hydrogen-bond acceptors (Lipinski definition) is 4. The number of amides is 1. The van der Waals surface area contributed by atoms with E-state index in [4.69, 9.17) is 10.2 Å². The Morgan fingerprint density at radius 1 is 1.07 bits per heavy atom. The van der Waals surface area contributed by atoms with Crippen LogP contribution in [0.1, 0.15) is 56.5 Å². The third kappa shape index (κ3) is 6.84. The molecule has 1 rings (SSSR count). The summed E-state index contributed by atoms with van der Waals surface area (Å²) in [7, 11) is 0. The molecular weight excluding hydrogens is 350 g/mol. The van der Waals surface area contributed by atoms with Crippen LogP contribution in [0.5, 0.6) is 0 Å². The molecule has 7 nitrogen and oxygen atoms in total. The van der Waals surface area contributed by atoms with Crippen LogP contribution in [-0.2, 0) is 20.9 Å². The molecule has 0 aliphatic carbocycles. The molecule has 0 saturated carbocycles. The second-order valence-corrected chi connectivity index (χ2v) is 7.45. The van der Waals surface area contributed by atoms with Crippen molar-refractivity contribution in [3.05, 3.63) is 35.4 Å². The second kappa shape index (κ2) is 9.30. The highest BCUT2D eigenvalue weighted by atomic mass is 16.4. The van der Waals surface area contributed by atoms with Gasteiger partial charge in [0.2, 0.25) is 5.91 Å². The molecule has 0 heterocycles. The van der Waals surface area contributed by atoms with E-state index in [-0.39, 0.29) is 37.6 Å². The Kier molecular flexibility index (Phi) is 7.69. The average molecular weight is 377 g/mol. The fourth-order valence-electron chi connectivity index (χ4n) is 2.92. The summed E-state index contributed by atoms with van der Waals surface area (Å²) in [5.41, 5.74) is 0.369. The van der Waals surface area contributed by atoms with E-state index < -0.39 is 23.3 Å². The predicted octanol–water partition coefficient (Wildman–Crippen LogP) is 2.83. The Hall–Kier alpha value is -2.70. The summed E-state index contributed by atoms with van der Waals surface area (Å²) in [5, 5.41) is 18.1. The van der Waals surface area contributed by atoms with Crippen molar-refractivity contribution in [2.24, 2.45) is 11.3 Å². The van der Waals surface area contributed by atoms with Crippen LogP contribution in [0.25, 0.3) is 0 Å². The number of ketones is 1. The van der Waals surface area contributed by atoms with Crippen LogP contribution in [0.4, 0.5) is 0 Å². The van der Waals surface area contributed by atoms with Crippen LogP contribution in [-0.4, -0.2) is 45.3 Å². The summed E-state index contributed by atoms with van der Waals surface area (Å²) in [6, 6.07) is 6.78. The van der Waals surface area contributed by atoms with Crippen molar-refractivity contribution in [2.45, 2.75) is 47.1 Å². The monoisotopic (exact) mass is 377 g/mol. The topological polar surface area (TPSA) is 112 Å². The molecule has 0 fully saturated rings. The number of aliphatic carboxylic acids is 2. The van der Waals surface area contributed by atoms with Gasteiger partial charge in [-0.15, -0.1) is 0 Å². The van der Waals surface area contributed by atoms with E-state index in [1.165, 1.54) is 11.8 Å². The summed E-state index contributed by atoms with van der Waals surface area (Å²) in [6.07, 6.45) is -0.0597. The number of hydrogen-bond donors (Lipinski definition) is 2. The maximum atomic E-state index is 13.0. The van der Waals surface area contributed by atoms with E-state index in [1.54, 1.807) is 45.0 Å². The summed E-state index contributed by atoms with van der Waals surface area (Å²) in [4.78, 5) is 47.9. The maximum Gasteiger partial charge on any atom is 0.306 e. The van der Waals surface area contributed by atoms with E-state index in [2.05, 4.69) is 0 Å². The largest absolute Gasteiger partial charge is 0.481 e. The van der Waals surface area contributed by atoms with Crippen LogP contribution in [0, 0.1) is 11.3 Å². The van der Waals surface area contributed by atoms with Crippen LogP contribution in [0.3, 0.4) is 0 Å². The lowest BCUT2D eigenvalue weighted by atomic mass is 9.82. The van der Waals surface area contributed by atoms with Gasteiger partial charge in [0.25, 0.3) is 0 Å². The number of carbonyl (C=O) groups is 4. The lowest BCUT2D eigenvalue weighted by Crippen LogP contribution is -2.42. The molecule has 27 heavy (non-hydrogen) atoms. The molecule has 0 saturated heterocycles. The molecule has 1 atom stereocenters. The van der Waals surface area contributed by atoms with Crippen LogP contribution in [0.15, 0.2) is 24.3 Å². The van der Waals surface area contributed by atoms with Gasteiger partial charge in [0.1, 0.15) is 0 Å². The number of carbonyl (C=O) groups excluding carboxylic acids is 2. The van der Waals surface area contributed by atoms with Gasteiger partial charge in [-0.05, 0) is 18.9 Å². The number of carboxylic acid groups (broad SMARTS) is 2. The van der Waals surface area contributed by atoms with Crippen molar-refractivity contribution in [3.8, 4) is 0 Å². The lowest BCUT2D eigenvalue weighted by Gasteiger charge is -2.33. The first-order chi connectivity index (χ1) is 12.4. The fraction of sp³-hybridized carbons (Fsp3) is 0.500. The number of benzene rings is 1. The molecule has 0 spiro atoms. The molecule has 0 aliphatic rings. The predicted molar refractivity (Wildman–Crippen MR) is 99.3 cm³/mol. The zero-order valence-corrected chi connectivity index (χ0v) is 16.2. The van der Waals surface area contributed by atoms with Crippen LogP contribution < -0.4 is 0 Å². The fourth-order valence-corrected chi connectivity index (χ4v) is 2.92. The van der Waals surface area contributed by atoms with E-state index in [9.17, 15) is 19.2 Å². The third-order valence-corrected chi connectivity index (χ3v) is 4.43. The first kappa shape index (κ1) is 22.3. The van der Waals surface area contributed by atoms with Gasteiger partial charge in [0.15, 0.2) is 5.78 Å². The molecule has 1 unspecified atom stereocenters. The van der Waals surface area contributed by atoms with Crippen molar-refractivity contribution in [3.63, 3.8) is 0 Å². The van der Waals surface area contributed by atoms with E-state index in [0.717, 1.165) is 5.56 Å². The number of carboxylic acids is 2. The third-order valence-electron chi connectivity index (χ3n) is 4.43. The van der Waals surface area contributed by atoms with Crippen molar-refractivity contribution in [1.82, 2.24) is 4.90 Å². The molecule has 0 aliphatic heterocycles. The van der Waals surface area contributed by atoms with Crippen LogP contribution >= 0.6 is 0 Å². The Balaban J connectivity index is 3.00. The standard InChI is InChI=1S/C20H27NO6/c1-13(18(25)26)11-20(3,4)19(27)21(10-9-17(23)24)12-15-5-7-16(8-6-15)14(2)22/h5-8,13H,9-12H2,1-4H3,(H,23,24)(H,25,26). The van der Waals surface area contributed by atoms with E-state index in [0.29, 0.717) is 5.56 Å². The van der Waals surface area contributed by atoms with Gasteiger partial charge in [-0.2, -0.15) is 0 Å². The Morgan fingerprint density at radius 3 is 2.07 bits per heavy atom. The Labute approximate surface area is 159 Å². The quantitative estimate of drug-likeness (QED) is 0.606. The molecule has 2 N–H and O–H groups in total. The van der Waals surface area contributed by atoms with Gasteiger partial charge in [-0.25, -0.2) is 0 Å². The Bertz CT molecular complexity index is 708. The van der Waals surface area contributed by atoms with Gasteiger partial charge in [0, 0.05) is 24.1 Å². The van der Waals surface area contributed by atoms with E-state index in [1.807, 2.05) is 0 Å². The SMILES string of the molecule is CC(=O)c1ccc(CN(CCC(=O)O)C(=O)C(C)(C)CC(C)C(=O)O)cc1. The van der Waals surface area contributed by atoms with Crippen LogP contribution in [0.2, 0.25) is 0 Å². The molecule has 7 heteroatoms. The minimum absolute atomic E-state index is 0.0213. The summed E-state index contributed by atoms with van der Waals surface area (Å²) in [5.74, 6) is -3.05. The minimum atomic E-state index is -1.02. The van der Waals surface area contributed by atoms with Crippen molar-refractivity contribution < 1.29 is 29.4 Å². The van der Waals surface area contributed by atoms with Crippen molar-refractivity contribution in [1.29, 1.82) is 0 Å². The summed E-state index contributed by atoms with van der Waals surface area (Å²) >= 11 is 0. The lowest BCUT2D eigenvalue weighted by molar-refractivity contribution is -0.146. The zero-order chi connectivity index (χ0) is 20.8. The molecule has 1 aromatic rings. The molecule has 148 valence electrons. The van der Waals surface area contributed by atoms with Gasteiger partial charge >= 0.3 is 11.9 Å². The van der Waals surface area contributed by atoms with Gasteiger partial charge in [-0.3, -0.25) is 19.2 Å². The van der Waals surface area contributed by atoms with Crippen molar-refractivity contribution >= 4 is 23.6 Å². The number of Topliss-reactive ketones (excluding diaryl/α,β-unsaturated/α-hetero) is 1. The van der Waals surface area contributed by atoms with Gasteiger partial charge in [0.05, 0.1) is 12.3 Å². The molecule has 0 bridgehead atoms. The zero-order valence-electron chi connectivity index (χ0n) is 16.2. The molecule has 0 radical (unpaired) electrons. The summed E-state index contributed by atoms with van der Waals surface area (Å²) in [6.45, 7) is 6.55. The smallest absolute Gasteiger partial charge is 0.306 e. The normalized spacial score (nSPS) is 12.3. The second-order valence-electron chi connectivity index (χ2n) is 7.45. The summed E-state index contributed by atoms with van der Waals surface area (Å²) < 4.78 is 0. The number of nitrogens with zero attached hydrogens (tertiary/aromatic N) is 1. The minimum Gasteiger partial charge on any atom is -0.481 e. The van der Waals surface area contributed by atoms with Crippen molar-refractivity contribution in [2.75, 3.05) is 6.54 Å². The van der Waals surface area contributed by atoms with E-state index >= 15 is 0 Å². The highest BCUT2D eigenvalue weighted by molar-refractivity contribution is 5.94.